The molecule has 3 amide bonds. The van der Waals surface area contributed by atoms with Crippen LogP contribution < -0.4 is 5.32 Å². The number of carboxylic acid groups (broad SMARTS) is 1. The van der Waals surface area contributed by atoms with E-state index >= 15 is 0 Å². The molecule has 0 radical (unpaired) electrons. The van der Waals surface area contributed by atoms with Gasteiger partial charge in [0.2, 0.25) is 5.91 Å². The Morgan fingerprint density at radius 3 is 2.67 bits per heavy atom. The van der Waals surface area contributed by atoms with Crippen molar-refractivity contribution < 1.29 is 29.3 Å². The second-order valence-corrected chi connectivity index (χ2v) is 4.88. The van der Waals surface area contributed by atoms with Crippen molar-refractivity contribution in [2.75, 3.05) is 40.4 Å². The number of urea groups is 1. The van der Waals surface area contributed by atoms with E-state index in [9.17, 15) is 19.5 Å². The Hall–Kier alpha value is -1.87. The first kappa shape index (κ1) is 17.2. The van der Waals surface area contributed by atoms with Crippen LogP contribution in [0.15, 0.2) is 0 Å². The number of nitrogens with zero attached hydrogens (tertiary/aromatic N) is 2. The Labute approximate surface area is 122 Å². The molecule has 1 saturated heterocycles. The van der Waals surface area contributed by atoms with Gasteiger partial charge in [0.25, 0.3) is 0 Å². The number of rotatable bonds is 6. The average Bonchev–Trinajstić information content (AvgIpc) is 2.80. The van der Waals surface area contributed by atoms with Crippen LogP contribution in [0.25, 0.3) is 0 Å². The first-order valence-corrected chi connectivity index (χ1v) is 6.55. The summed E-state index contributed by atoms with van der Waals surface area (Å²) in [6.45, 7) is 0.452. The highest BCUT2D eigenvalue weighted by Crippen LogP contribution is 2.19. The average molecular weight is 303 g/mol. The van der Waals surface area contributed by atoms with Crippen LogP contribution >= 0.6 is 0 Å². The normalized spacial score (nSPS) is 21.2. The summed E-state index contributed by atoms with van der Waals surface area (Å²) in [7, 11) is 2.91. The third-order valence-corrected chi connectivity index (χ3v) is 3.15. The Balaban J connectivity index is 2.53. The number of likely N-dealkylation sites (tertiary alicyclic amines) is 1. The Morgan fingerprint density at radius 2 is 2.10 bits per heavy atom. The summed E-state index contributed by atoms with van der Waals surface area (Å²) in [5.41, 5.74) is 0. The summed E-state index contributed by atoms with van der Waals surface area (Å²) in [6.07, 6.45) is -0.867. The number of β-amino-alcohol motifs (C(OH)–C–C–N with tert-alkyl or cyclic N) is 1. The van der Waals surface area contributed by atoms with Gasteiger partial charge in [0, 0.05) is 33.7 Å². The predicted molar refractivity (Wildman–Crippen MR) is 71.7 cm³/mol. The molecular weight excluding hydrogens is 282 g/mol. The fourth-order valence-electron chi connectivity index (χ4n) is 2.11. The molecule has 1 rings (SSSR count). The number of carbonyl (C=O) groups excluding carboxylic acids is 2. The molecule has 1 fully saturated rings. The number of aliphatic carboxylic acids is 1. The highest BCUT2D eigenvalue weighted by molar-refractivity contribution is 5.87. The van der Waals surface area contributed by atoms with Gasteiger partial charge in [-0.05, 0) is 0 Å². The van der Waals surface area contributed by atoms with Gasteiger partial charge in [-0.1, -0.05) is 0 Å². The zero-order valence-corrected chi connectivity index (χ0v) is 12.1. The number of nitrogens with one attached hydrogen (secondary N) is 1. The second kappa shape index (κ2) is 7.79. The fraction of sp³-hybridized carbons (Fsp3) is 0.750. The summed E-state index contributed by atoms with van der Waals surface area (Å²) in [6, 6.07) is -1.66. The van der Waals surface area contributed by atoms with Crippen molar-refractivity contribution in [3.05, 3.63) is 0 Å². The Morgan fingerprint density at radius 1 is 1.43 bits per heavy atom. The van der Waals surface area contributed by atoms with E-state index < -0.39 is 24.1 Å². The number of aliphatic hydroxyl groups excluding tert-OH is 1. The molecule has 0 aliphatic carbocycles. The van der Waals surface area contributed by atoms with Gasteiger partial charge < -0.3 is 30.1 Å². The number of carboxylic acids is 1. The van der Waals surface area contributed by atoms with E-state index in [0.717, 1.165) is 9.80 Å². The predicted octanol–water partition coefficient (Wildman–Crippen LogP) is -1.68. The SMILES string of the molecule is COCCNC(=O)CN(C)C(=O)N1CC(O)C[C@H]1C(=O)O. The summed E-state index contributed by atoms with van der Waals surface area (Å²) in [4.78, 5) is 37.0. The summed E-state index contributed by atoms with van der Waals surface area (Å²) in [5.74, 6) is -1.53. The van der Waals surface area contributed by atoms with Crippen LogP contribution in [0.1, 0.15) is 6.42 Å². The first-order valence-electron chi connectivity index (χ1n) is 6.55. The number of carbonyl (C=O) groups is 3. The number of methoxy groups -OCH3 is 1. The monoisotopic (exact) mass is 303 g/mol. The maximum absolute atomic E-state index is 12.1. The lowest BCUT2D eigenvalue weighted by atomic mass is 10.2. The van der Waals surface area contributed by atoms with Gasteiger partial charge >= 0.3 is 12.0 Å². The third-order valence-electron chi connectivity index (χ3n) is 3.15. The molecule has 0 aromatic heterocycles. The first-order chi connectivity index (χ1) is 9.86. The number of aliphatic hydroxyl groups is 1. The molecule has 0 spiro atoms. The molecule has 0 aromatic rings. The second-order valence-electron chi connectivity index (χ2n) is 4.88. The highest BCUT2D eigenvalue weighted by atomic mass is 16.5. The maximum atomic E-state index is 12.1. The van der Waals surface area contributed by atoms with Crippen molar-refractivity contribution in [1.29, 1.82) is 0 Å². The molecule has 120 valence electrons. The zero-order chi connectivity index (χ0) is 16.0. The largest absolute Gasteiger partial charge is 0.480 e. The number of ether oxygens (including phenoxy) is 1. The highest BCUT2D eigenvalue weighted by Gasteiger charge is 2.40. The van der Waals surface area contributed by atoms with Crippen LogP contribution in [0.3, 0.4) is 0 Å². The fourth-order valence-corrected chi connectivity index (χ4v) is 2.11. The Kier molecular flexibility index (Phi) is 6.38. The number of hydrogen-bond acceptors (Lipinski definition) is 5. The van der Waals surface area contributed by atoms with Gasteiger partial charge in [-0.25, -0.2) is 9.59 Å². The topological polar surface area (TPSA) is 119 Å². The van der Waals surface area contributed by atoms with E-state index in [-0.39, 0.29) is 25.4 Å². The standard InChI is InChI=1S/C12H21N3O6/c1-14(7-10(17)13-3-4-21-2)12(20)15-6-8(16)5-9(15)11(18)19/h8-9,16H,3-7H2,1-2H3,(H,13,17)(H,18,19)/t8?,9-/m0/s1. The van der Waals surface area contributed by atoms with E-state index in [1.54, 1.807) is 0 Å². The quantitative estimate of drug-likeness (QED) is 0.504. The smallest absolute Gasteiger partial charge is 0.326 e. The number of hydrogen-bond donors (Lipinski definition) is 3. The van der Waals surface area contributed by atoms with Gasteiger partial charge in [0.1, 0.15) is 12.6 Å². The molecule has 0 saturated carbocycles. The number of amides is 3. The van der Waals surface area contributed by atoms with Crippen molar-refractivity contribution >= 4 is 17.9 Å². The van der Waals surface area contributed by atoms with Crippen molar-refractivity contribution in [2.24, 2.45) is 0 Å². The Bertz CT molecular complexity index is 402. The molecule has 0 aromatic carbocycles. The van der Waals surface area contributed by atoms with Gasteiger partial charge in [-0.2, -0.15) is 0 Å². The van der Waals surface area contributed by atoms with Crippen molar-refractivity contribution in [1.82, 2.24) is 15.1 Å². The van der Waals surface area contributed by atoms with Crippen molar-refractivity contribution in [2.45, 2.75) is 18.6 Å². The summed E-state index contributed by atoms with van der Waals surface area (Å²) in [5, 5.41) is 21.1. The van der Waals surface area contributed by atoms with E-state index in [0.29, 0.717) is 13.2 Å². The van der Waals surface area contributed by atoms with E-state index in [4.69, 9.17) is 9.84 Å². The van der Waals surface area contributed by atoms with Crippen LogP contribution in [0, 0.1) is 0 Å². The van der Waals surface area contributed by atoms with Gasteiger partial charge in [-0.15, -0.1) is 0 Å². The molecule has 2 atom stereocenters. The van der Waals surface area contributed by atoms with Gasteiger partial charge in [0.05, 0.1) is 12.7 Å². The molecule has 0 bridgehead atoms. The molecule has 1 aliphatic heterocycles. The van der Waals surface area contributed by atoms with E-state index in [1.165, 1.54) is 14.2 Å². The lowest BCUT2D eigenvalue weighted by molar-refractivity contribution is -0.141. The maximum Gasteiger partial charge on any atom is 0.326 e. The lowest BCUT2D eigenvalue weighted by Crippen LogP contribution is -2.49. The van der Waals surface area contributed by atoms with E-state index in [2.05, 4.69) is 5.32 Å². The van der Waals surface area contributed by atoms with Gasteiger partial charge in [0.15, 0.2) is 0 Å². The zero-order valence-electron chi connectivity index (χ0n) is 12.1. The summed E-state index contributed by atoms with van der Waals surface area (Å²) >= 11 is 0. The molecule has 1 heterocycles. The van der Waals surface area contributed by atoms with Crippen LogP contribution in [-0.4, -0.2) is 90.5 Å². The molecule has 21 heavy (non-hydrogen) atoms. The van der Waals surface area contributed by atoms with Crippen molar-refractivity contribution in [3.63, 3.8) is 0 Å². The third kappa shape index (κ3) is 4.87. The van der Waals surface area contributed by atoms with Gasteiger partial charge in [-0.3, -0.25) is 4.79 Å². The van der Waals surface area contributed by atoms with Crippen LogP contribution in [0.4, 0.5) is 4.79 Å². The number of likely N-dealkylation sites (N-methyl/N-ethyl adjacent to an activating group) is 1. The minimum atomic E-state index is -1.17. The van der Waals surface area contributed by atoms with Crippen LogP contribution in [0.5, 0.6) is 0 Å². The minimum Gasteiger partial charge on any atom is -0.480 e. The van der Waals surface area contributed by atoms with E-state index in [1.807, 2.05) is 0 Å². The molecule has 3 N–H and O–H groups in total. The molecule has 9 nitrogen and oxygen atoms in total. The van der Waals surface area contributed by atoms with Crippen LogP contribution in [-0.2, 0) is 14.3 Å². The molecule has 9 heteroatoms. The molecule has 1 aliphatic rings. The summed E-state index contributed by atoms with van der Waals surface area (Å²) < 4.78 is 4.78. The molecular formula is C12H21N3O6. The lowest BCUT2D eigenvalue weighted by Gasteiger charge is -2.27. The molecule has 1 unspecified atom stereocenters. The minimum absolute atomic E-state index is 0.00501. The van der Waals surface area contributed by atoms with Crippen LogP contribution in [0.2, 0.25) is 0 Å². The van der Waals surface area contributed by atoms with Crippen molar-refractivity contribution in [3.8, 4) is 0 Å².